The van der Waals surface area contributed by atoms with Crippen LogP contribution in [-0.2, 0) is 4.79 Å². The molecule has 0 N–H and O–H groups in total. The first-order valence-electron chi connectivity index (χ1n) is 8.42. The number of piperazine rings is 1. The normalized spacial score (nSPS) is 14.2. The Balaban J connectivity index is 2.12. The number of methoxy groups -OCH3 is 3. The van der Waals surface area contributed by atoms with Gasteiger partial charge in [0.25, 0.3) is 5.91 Å². The molecule has 0 spiro atoms. The zero-order valence-electron chi connectivity index (χ0n) is 15.3. The number of carbonyl (C=O) groups excluding carboxylic acids is 2. The second-order valence-corrected chi connectivity index (χ2v) is 5.84. The first-order valence-corrected chi connectivity index (χ1v) is 8.42. The molecule has 1 aliphatic rings. The lowest BCUT2D eigenvalue weighted by molar-refractivity contribution is -0.132. The van der Waals surface area contributed by atoms with E-state index < -0.39 is 0 Å². The number of amides is 2. The molecule has 0 aromatic heterocycles. The first-order chi connectivity index (χ1) is 12.0. The third kappa shape index (κ3) is 4.15. The average molecular weight is 350 g/mol. The number of nitrogens with zero attached hydrogens (tertiary/aromatic N) is 2. The standard InChI is InChI=1S/C18H26N2O5/c1-5-6-16(21)19-7-9-20(10-8-19)18(22)13-11-14(23-2)17(25-4)15(12-13)24-3/h11-12H,5-10H2,1-4H3. The van der Waals surface area contributed by atoms with E-state index in [2.05, 4.69) is 0 Å². The second-order valence-electron chi connectivity index (χ2n) is 5.84. The van der Waals surface area contributed by atoms with Gasteiger partial charge in [-0.05, 0) is 18.6 Å². The van der Waals surface area contributed by atoms with Crippen LogP contribution in [0.3, 0.4) is 0 Å². The quantitative estimate of drug-likeness (QED) is 0.782. The Hall–Kier alpha value is -2.44. The van der Waals surface area contributed by atoms with E-state index in [9.17, 15) is 9.59 Å². The van der Waals surface area contributed by atoms with Gasteiger partial charge in [0.15, 0.2) is 11.5 Å². The molecule has 0 aliphatic carbocycles. The maximum atomic E-state index is 12.8. The summed E-state index contributed by atoms with van der Waals surface area (Å²) in [6.45, 7) is 4.15. The van der Waals surface area contributed by atoms with Gasteiger partial charge in [-0.2, -0.15) is 0 Å². The van der Waals surface area contributed by atoms with Crippen LogP contribution in [0.25, 0.3) is 0 Å². The monoisotopic (exact) mass is 350 g/mol. The van der Waals surface area contributed by atoms with E-state index in [1.54, 1.807) is 17.0 Å². The van der Waals surface area contributed by atoms with Gasteiger partial charge < -0.3 is 24.0 Å². The van der Waals surface area contributed by atoms with Crippen molar-refractivity contribution in [3.63, 3.8) is 0 Å². The van der Waals surface area contributed by atoms with E-state index in [-0.39, 0.29) is 11.8 Å². The van der Waals surface area contributed by atoms with Gasteiger partial charge in [-0.3, -0.25) is 9.59 Å². The second kappa shape index (κ2) is 8.60. The molecule has 7 nitrogen and oxygen atoms in total. The predicted octanol–water partition coefficient (Wildman–Crippen LogP) is 1.80. The van der Waals surface area contributed by atoms with Crippen molar-refractivity contribution in [3.8, 4) is 17.2 Å². The fourth-order valence-corrected chi connectivity index (χ4v) is 2.92. The number of hydrogen-bond acceptors (Lipinski definition) is 5. The molecule has 2 rings (SSSR count). The van der Waals surface area contributed by atoms with Crippen molar-refractivity contribution in [2.45, 2.75) is 19.8 Å². The van der Waals surface area contributed by atoms with Gasteiger partial charge in [0.2, 0.25) is 11.7 Å². The Labute approximate surface area is 148 Å². The van der Waals surface area contributed by atoms with Gasteiger partial charge >= 0.3 is 0 Å². The Morgan fingerprint density at radius 2 is 1.44 bits per heavy atom. The Bertz CT molecular complexity index is 599. The molecule has 25 heavy (non-hydrogen) atoms. The molecule has 1 aromatic rings. The van der Waals surface area contributed by atoms with Crippen LogP contribution in [0, 0.1) is 0 Å². The van der Waals surface area contributed by atoms with Gasteiger partial charge in [0.1, 0.15) is 0 Å². The molecule has 138 valence electrons. The molecule has 1 fully saturated rings. The van der Waals surface area contributed by atoms with Gasteiger partial charge in [-0.25, -0.2) is 0 Å². The molecule has 0 unspecified atom stereocenters. The molecule has 1 aromatic carbocycles. The van der Waals surface area contributed by atoms with Crippen molar-refractivity contribution in [3.05, 3.63) is 17.7 Å². The summed E-state index contributed by atoms with van der Waals surface area (Å²) >= 11 is 0. The summed E-state index contributed by atoms with van der Waals surface area (Å²) in [5.41, 5.74) is 0.475. The molecular weight excluding hydrogens is 324 g/mol. The SMILES string of the molecule is CCCC(=O)N1CCN(C(=O)c2cc(OC)c(OC)c(OC)c2)CC1. The van der Waals surface area contributed by atoms with Gasteiger partial charge in [0.05, 0.1) is 21.3 Å². The molecule has 7 heteroatoms. The van der Waals surface area contributed by atoms with Crippen molar-refractivity contribution < 1.29 is 23.8 Å². The van der Waals surface area contributed by atoms with Crippen LogP contribution in [0.4, 0.5) is 0 Å². The maximum Gasteiger partial charge on any atom is 0.254 e. The largest absolute Gasteiger partial charge is 0.493 e. The lowest BCUT2D eigenvalue weighted by Gasteiger charge is -2.35. The molecule has 0 bridgehead atoms. The fraction of sp³-hybridized carbons (Fsp3) is 0.556. The van der Waals surface area contributed by atoms with Crippen LogP contribution in [-0.4, -0.2) is 69.1 Å². The van der Waals surface area contributed by atoms with E-state index in [1.807, 2.05) is 11.8 Å². The molecule has 0 radical (unpaired) electrons. The van der Waals surface area contributed by atoms with Crippen LogP contribution < -0.4 is 14.2 Å². The number of hydrogen-bond donors (Lipinski definition) is 0. The molecule has 1 saturated heterocycles. The number of benzene rings is 1. The number of ether oxygens (including phenoxy) is 3. The molecule has 0 saturated carbocycles. The lowest BCUT2D eigenvalue weighted by Crippen LogP contribution is -2.50. The van der Waals surface area contributed by atoms with E-state index in [4.69, 9.17) is 14.2 Å². The minimum atomic E-state index is -0.109. The van der Waals surface area contributed by atoms with Gasteiger partial charge in [-0.15, -0.1) is 0 Å². The third-order valence-electron chi connectivity index (χ3n) is 4.30. The highest BCUT2D eigenvalue weighted by atomic mass is 16.5. The van der Waals surface area contributed by atoms with Crippen molar-refractivity contribution >= 4 is 11.8 Å². The summed E-state index contributed by atoms with van der Waals surface area (Å²) in [6.07, 6.45) is 1.39. The van der Waals surface area contributed by atoms with Crippen molar-refractivity contribution in [2.24, 2.45) is 0 Å². The Kier molecular flexibility index (Phi) is 6.50. The fourth-order valence-electron chi connectivity index (χ4n) is 2.92. The Morgan fingerprint density at radius 1 is 0.920 bits per heavy atom. The van der Waals surface area contributed by atoms with Crippen molar-refractivity contribution in [2.75, 3.05) is 47.5 Å². The highest BCUT2D eigenvalue weighted by Crippen LogP contribution is 2.38. The molecule has 2 amide bonds. The summed E-state index contributed by atoms with van der Waals surface area (Å²) in [5, 5.41) is 0. The van der Waals surface area contributed by atoms with Gasteiger partial charge in [0, 0.05) is 38.2 Å². The smallest absolute Gasteiger partial charge is 0.254 e. The summed E-state index contributed by atoms with van der Waals surface area (Å²) < 4.78 is 15.9. The zero-order valence-corrected chi connectivity index (χ0v) is 15.3. The van der Waals surface area contributed by atoms with E-state index in [0.29, 0.717) is 55.4 Å². The van der Waals surface area contributed by atoms with Crippen molar-refractivity contribution in [1.82, 2.24) is 9.80 Å². The summed E-state index contributed by atoms with van der Waals surface area (Å²) in [5.74, 6) is 1.39. The average Bonchev–Trinajstić information content (AvgIpc) is 2.66. The van der Waals surface area contributed by atoms with E-state index >= 15 is 0 Å². The highest BCUT2D eigenvalue weighted by molar-refractivity contribution is 5.96. The molecule has 0 atom stereocenters. The summed E-state index contributed by atoms with van der Waals surface area (Å²) in [6, 6.07) is 3.30. The zero-order chi connectivity index (χ0) is 18.4. The first kappa shape index (κ1) is 18.9. The van der Waals surface area contributed by atoms with E-state index in [0.717, 1.165) is 6.42 Å². The number of rotatable bonds is 6. The predicted molar refractivity (Wildman–Crippen MR) is 93.5 cm³/mol. The molecular formula is C18H26N2O5. The van der Waals surface area contributed by atoms with Crippen LogP contribution >= 0.6 is 0 Å². The number of carbonyl (C=O) groups is 2. The molecule has 1 heterocycles. The maximum absolute atomic E-state index is 12.8. The van der Waals surface area contributed by atoms with Gasteiger partial charge in [-0.1, -0.05) is 6.92 Å². The van der Waals surface area contributed by atoms with E-state index in [1.165, 1.54) is 21.3 Å². The van der Waals surface area contributed by atoms with Crippen molar-refractivity contribution in [1.29, 1.82) is 0 Å². The molecule has 1 aliphatic heterocycles. The third-order valence-corrected chi connectivity index (χ3v) is 4.30. The van der Waals surface area contributed by atoms with Crippen LogP contribution in [0.2, 0.25) is 0 Å². The summed E-state index contributed by atoms with van der Waals surface area (Å²) in [4.78, 5) is 28.3. The summed E-state index contributed by atoms with van der Waals surface area (Å²) in [7, 11) is 4.56. The van der Waals surface area contributed by atoms with Crippen LogP contribution in [0.1, 0.15) is 30.1 Å². The lowest BCUT2D eigenvalue weighted by atomic mass is 10.1. The minimum absolute atomic E-state index is 0.109. The minimum Gasteiger partial charge on any atom is -0.493 e. The Morgan fingerprint density at radius 3 is 1.88 bits per heavy atom. The highest BCUT2D eigenvalue weighted by Gasteiger charge is 2.26. The van der Waals surface area contributed by atoms with Crippen LogP contribution in [0.5, 0.6) is 17.2 Å². The van der Waals surface area contributed by atoms with Crippen LogP contribution in [0.15, 0.2) is 12.1 Å². The topological polar surface area (TPSA) is 68.3 Å².